The SMILES string of the molecule is CC.CC(=O)N1Cc2ccccc2-c2n[nH]nc2-c2ccccc21.CCC. The molecule has 1 amide bonds. The number of H-pyrrole nitrogens is 1. The molecule has 0 radical (unpaired) electrons. The summed E-state index contributed by atoms with van der Waals surface area (Å²) in [5.74, 6) is 0.00852. The second-order valence-electron chi connectivity index (χ2n) is 6.01. The first-order chi connectivity index (χ1) is 13.2. The lowest BCUT2D eigenvalue weighted by atomic mass is 9.96. The van der Waals surface area contributed by atoms with Gasteiger partial charge in [-0.15, -0.1) is 0 Å². The van der Waals surface area contributed by atoms with Gasteiger partial charge in [0.25, 0.3) is 0 Å². The van der Waals surface area contributed by atoms with Gasteiger partial charge in [0.05, 0.1) is 12.2 Å². The van der Waals surface area contributed by atoms with Crippen molar-refractivity contribution < 1.29 is 4.79 Å². The van der Waals surface area contributed by atoms with E-state index in [-0.39, 0.29) is 5.91 Å². The predicted octanol–water partition coefficient (Wildman–Crippen LogP) is 5.45. The molecule has 5 nitrogen and oxygen atoms in total. The summed E-state index contributed by atoms with van der Waals surface area (Å²) in [6.45, 7) is 10.4. The summed E-state index contributed by atoms with van der Waals surface area (Å²) in [5.41, 5.74) is 5.44. The molecule has 0 saturated heterocycles. The number of anilines is 1. The number of amides is 1. The zero-order valence-corrected chi connectivity index (χ0v) is 16.8. The normalized spacial score (nSPS) is 11.2. The van der Waals surface area contributed by atoms with Crippen molar-refractivity contribution in [3.05, 3.63) is 54.1 Å². The second-order valence-corrected chi connectivity index (χ2v) is 6.01. The summed E-state index contributed by atoms with van der Waals surface area (Å²) in [6, 6.07) is 15.8. The largest absolute Gasteiger partial charge is 0.308 e. The van der Waals surface area contributed by atoms with Crippen LogP contribution in [0, 0.1) is 0 Å². The second kappa shape index (κ2) is 9.67. The molecule has 27 heavy (non-hydrogen) atoms. The Kier molecular flexibility index (Phi) is 7.29. The van der Waals surface area contributed by atoms with E-state index in [0.717, 1.165) is 33.8 Å². The number of rotatable bonds is 0. The number of fused-ring (bicyclic) bond motifs is 5. The van der Waals surface area contributed by atoms with E-state index in [9.17, 15) is 4.79 Å². The van der Waals surface area contributed by atoms with Crippen molar-refractivity contribution >= 4 is 11.6 Å². The van der Waals surface area contributed by atoms with Crippen molar-refractivity contribution in [3.8, 4) is 22.5 Å². The smallest absolute Gasteiger partial charge is 0.224 e. The van der Waals surface area contributed by atoms with E-state index in [1.54, 1.807) is 11.8 Å². The molecule has 142 valence electrons. The molecule has 0 saturated carbocycles. The van der Waals surface area contributed by atoms with Crippen molar-refractivity contribution in [2.45, 2.75) is 47.6 Å². The summed E-state index contributed by atoms with van der Waals surface area (Å²) in [7, 11) is 0. The highest BCUT2D eigenvalue weighted by Crippen LogP contribution is 2.39. The van der Waals surface area contributed by atoms with E-state index < -0.39 is 0 Å². The van der Waals surface area contributed by atoms with Crippen LogP contribution in [0.2, 0.25) is 0 Å². The van der Waals surface area contributed by atoms with E-state index >= 15 is 0 Å². The van der Waals surface area contributed by atoms with Crippen LogP contribution in [0.25, 0.3) is 22.5 Å². The van der Waals surface area contributed by atoms with Gasteiger partial charge in [-0.1, -0.05) is 76.6 Å². The van der Waals surface area contributed by atoms with Gasteiger partial charge in [-0.05, 0) is 11.6 Å². The Morgan fingerprint density at radius 1 is 0.963 bits per heavy atom. The summed E-state index contributed by atoms with van der Waals surface area (Å²) >= 11 is 0. The third-order valence-corrected chi connectivity index (χ3v) is 3.98. The quantitative estimate of drug-likeness (QED) is 0.577. The molecular formula is C22H28N4O. The van der Waals surface area contributed by atoms with E-state index in [2.05, 4.69) is 29.3 Å². The molecule has 1 aromatic heterocycles. The number of benzene rings is 2. The van der Waals surface area contributed by atoms with Gasteiger partial charge in [-0.25, -0.2) is 0 Å². The van der Waals surface area contributed by atoms with Gasteiger partial charge >= 0.3 is 0 Å². The lowest BCUT2D eigenvalue weighted by molar-refractivity contribution is -0.116. The van der Waals surface area contributed by atoms with Crippen molar-refractivity contribution in [3.63, 3.8) is 0 Å². The number of aromatic nitrogens is 3. The monoisotopic (exact) mass is 364 g/mol. The minimum absolute atomic E-state index is 0.00852. The number of para-hydroxylation sites is 1. The maximum Gasteiger partial charge on any atom is 0.224 e. The molecule has 1 aliphatic heterocycles. The summed E-state index contributed by atoms with van der Waals surface area (Å²) in [6.07, 6.45) is 1.25. The third-order valence-electron chi connectivity index (χ3n) is 3.98. The van der Waals surface area contributed by atoms with Crippen LogP contribution in [-0.4, -0.2) is 21.3 Å². The molecule has 0 bridgehead atoms. The molecule has 5 heteroatoms. The Labute approximate surface area is 161 Å². The predicted molar refractivity (Wildman–Crippen MR) is 111 cm³/mol. The Hall–Kier alpha value is -2.95. The highest BCUT2D eigenvalue weighted by atomic mass is 16.2. The fourth-order valence-corrected chi connectivity index (χ4v) is 2.94. The zero-order valence-electron chi connectivity index (χ0n) is 16.8. The van der Waals surface area contributed by atoms with Crippen molar-refractivity contribution in [2.75, 3.05) is 4.90 Å². The lowest BCUT2D eigenvalue weighted by Gasteiger charge is -2.26. The molecule has 1 N–H and O–H groups in total. The van der Waals surface area contributed by atoms with Crippen LogP contribution in [0.3, 0.4) is 0 Å². The summed E-state index contributed by atoms with van der Waals surface area (Å²) < 4.78 is 0. The van der Waals surface area contributed by atoms with E-state index in [1.807, 2.05) is 62.4 Å². The van der Waals surface area contributed by atoms with Crippen LogP contribution in [0.1, 0.15) is 46.6 Å². The van der Waals surface area contributed by atoms with Gasteiger partial charge < -0.3 is 4.90 Å². The first-order valence-corrected chi connectivity index (χ1v) is 9.53. The van der Waals surface area contributed by atoms with Crippen LogP contribution in [0.15, 0.2) is 48.5 Å². The van der Waals surface area contributed by atoms with Crippen LogP contribution in [0.4, 0.5) is 5.69 Å². The molecule has 0 atom stereocenters. The maximum absolute atomic E-state index is 12.2. The molecule has 2 aromatic carbocycles. The van der Waals surface area contributed by atoms with Gasteiger partial charge in [0.2, 0.25) is 5.91 Å². The first kappa shape index (κ1) is 20.4. The standard InChI is InChI=1S/C17H14N4O.C3H8.C2H6/c1-11(22)21-10-12-6-2-3-7-13(12)16-17(19-20-18-16)14-8-4-5-9-15(14)21;1-3-2;1-2/h2-9H,10H2,1H3,(H,18,19,20);3H2,1-2H3;1-2H3. The minimum atomic E-state index is 0.00852. The maximum atomic E-state index is 12.2. The van der Waals surface area contributed by atoms with Gasteiger partial charge in [-0.2, -0.15) is 15.4 Å². The molecule has 2 heterocycles. The van der Waals surface area contributed by atoms with Gasteiger partial charge in [0.1, 0.15) is 11.4 Å². The fourth-order valence-electron chi connectivity index (χ4n) is 2.94. The van der Waals surface area contributed by atoms with Crippen molar-refractivity contribution in [1.82, 2.24) is 15.4 Å². The molecule has 0 aliphatic carbocycles. The Morgan fingerprint density at radius 3 is 2.11 bits per heavy atom. The summed E-state index contributed by atoms with van der Waals surface area (Å²) in [4.78, 5) is 14.0. The average Bonchev–Trinajstić information content (AvgIpc) is 3.16. The Bertz CT molecular complexity index is 885. The molecule has 0 unspecified atom stereocenters. The number of carbonyl (C=O) groups excluding carboxylic acids is 1. The van der Waals surface area contributed by atoms with Gasteiger partial charge in [0, 0.05) is 18.1 Å². The summed E-state index contributed by atoms with van der Waals surface area (Å²) in [5, 5.41) is 11.4. The average molecular weight is 364 g/mol. The van der Waals surface area contributed by atoms with E-state index in [4.69, 9.17) is 0 Å². The Balaban J connectivity index is 0.000000478. The van der Waals surface area contributed by atoms with Gasteiger partial charge in [0.15, 0.2) is 0 Å². The number of nitrogens with zero attached hydrogens (tertiary/aromatic N) is 3. The third kappa shape index (κ3) is 4.25. The number of hydrogen-bond donors (Lipinski definition) is 1. The molecule has 0 spiro atoms. The fraction of sp³-hybridized carbons (Fsp3) is 0.318. The van der Waals surface area contributed by atoms with E-state index in [0.29, 0.717) is 6.54 Å². The number of carbonyl (C=O) groups is 1. The minimum Gasteiger partial charge on any atom is -0.308 e. The molecule has 3 aromatic rings. The highest BCUT2D eigenvalue weighted by molar-refractivity contribution is 5.98. The molecule has 0 fully saturated rings. The first-order valence-electron chi connectivity index (χ1n) is 9.53. The van der Waals surface area contributed by atoms with Crippen LogP contribution in [-0.2, 0) is 11.3 Å². The number of nitrogens with one attached hydrogen (secondary N) is 1. The van der Waals surface area contributed by atoms with E-state index in [1.165, 1.54) is 6.42 Å². The van der Waals surface area contributed by atoms with Gasteiger partial charge in [-0.3, -0.25) is 4.79 Å². The molecule has 1 aliphatic rings. The zero-order chi connectivity index (χ0) is 19.8. The Morgan fingerprint density at radius 2 is 1.48 bits per heavy atom. The molecule has 4 rings (SSSR count). The van der Waals surface area contributed by atoms with Crippen LogP contribution < -0.4 is 4.90 Å². The topological polar surface area (TPSA) is 61.9 Å². The lowest BCUT2D eigenvalue weighted by Crippen LogP contribution is -2.29. The van der Waals surface area contributed by atoms with Crippen LogP contribution >= 0.6 is 0 Å². The highest BCUT2D eigenvalue weighted by Gasteiger charge is 2.25. The van der Waals surface area contributed by atoms with Crippen molar-refractivity contribution in [2.24, 2.45) is 0 Å². The van der Waals surface area contributed by atoms with Crippen molar-refractivity contribution in [1.29, 1.82) is 0 Å². The number of aromatic amines is 1. The van der Waals surface area contributed by atoms with Crippen LogP contribution in [0.5, 0.6) is 0 Å². The number of hydrogen-bond acceptors (Lipinski definition) is 3. The molecular weight excluding hydrogens is 336 g/mol.